The van der Waals surface area contributed by atoms with Gasteiger partial charge in [0.25, 0.3) is 0 Å². The molecule has 1 aliphatic carbocycles. The first-order chi connectivity index (χ1) is 7.84. The quantitative estimate of drug-likeness (QED) is 0.808. The fraction of sp³-hybridized carbons (Fsp3) is 0.571. The van der Waals surface area contributed by atoms with E-state index in [4.69, 9.17) is 0 Å². The molecule has 3 rings (SSSR count). The average Bonchev–Trinajstić information content (AvgIpc) is 2.86. The molecule has 2 N–H and O–H groups in total. The fourth-order valence-corrected chi connectivity index (χ4v) is 2.66. The molecule has 3 unspecified atom stereocenters. The van der Waals surface area contributed by atoms with Crippen molar-refractivity contribution in [2.75, 3.05) is 18.4 Å². The Morgan fingerprint density at radius 3 is 3.00 bits per heavy atom. The lowest BCUT2D eigenvalue weighted by Crippen LogP contribution is -2.21. The minimum absolute atomic E-state index is 0.706. The van der Waals surface area contributed by atoms with Gasteiger partial charge in [0, 0.05) is 24.2 Å². The second-order valence-electron chi connectivity index (χ2n) is 5.23. The number of benzene rings is 1. The topological polar surface area (TPSA) is 24.1 Å². The highest BCUT2D eigenvalue weighted by atomic mass is 15.0. The third-order valence-electron chi connectivity index (χ3n) is 3.95. The molecule has 1 aromatic carbocycles. The minimum atomic E-state index is 0.706. The van der Waals surface area contributed by atoms with Gasteiger partial charge in [-0.15, -0.1) is 0 Å². The van der Waals surface area contributed by atoms with E-state index in [1.807, 2.05) is 0 Å². The molecule has 1 aliphatic heterocycles. The van der Waals surface area contributed by atoms with Gasteiger partial charge >= 0.3 is 0 Å². The van der Waals surface area contributed by atoms with Gasteiger partial charge in [0.1, 0.15) is 0 Å². The predicted molar refractivity (Wildman–Crippen MR) is 67.9 cm³/mol. The molecule has 1 heterocycles. The van der Waals surface area contributed by atoms with Crippen molar-refractivity contribution in [1.29, 1.82) is 0 Å². The standard InChI is InChI=1S/C14H20N2/c1-10-8-14(10)15-7-6-11-9-16-13-5-3-2-4-12(11)13/h2-5,10-11,14-16H,6-9H2,1H3. The zero-order valence-corrected chi connectivity index (χ0v) is 9.87. The number of anilines is 1. The van der Waals surface area contributed by atoms with Crippen LogP contribution in [0, 0.1) is 5.92 Å². The molecule has 0 amide bonds. The normalized spacial score (nSPS) is 30.9. The predicted octanol–water partition coefficient (Wildman–Crippen LogP) is 2.58. The van der Waals surface area contributed by atoms with Crippen molar-refractivity contribution in [3.63, 3.8) is 0 Å². The molecule has 1 fully saturated rings. The van der Waals surface area contributed by atoms with Crippen molar-refractivity contribution in [3.05, 3.63) is 29.8 Å². The van der Waals surface area contributed by atoms with Gasteiger partial charge in [0.2, 0.25) is 0 Å². The van der Waals surface area contributed by atoms with Crippen LogP contribution in [0.3, 0.4) is 0 Å². The zero-order chi connectivity index (χ0) is 11.0. The lowest BCUT2D eigenvalue weighted by atomic mass is 9.98. The van der Waals surface area contributed by atoms with Crippen LogP contribution >= 0.6 is 0 Å². The lowest BCUT2D eigenvalue weighted by molar-refractivity contribution is 0.576. The van der Waals surface area contributed by atoms with Crippen LogP contribution in [0.2, 0.25) is 0 Å². The Morgan fingerprint density at radius 1 is 1.38 bits per heavy atom. The van der Waals surface area contributed by atoms with Gasteiger partial charge in [-0.2, -0.15) is 0 Å². The molecule has 2 heteroatoms. The molecule has 1 saturated carbocycles. The molecule has 0 spiro atoms. The molecule has 0 aromatic heterocycles. The van der Waals surface area contributed by atoms with Crippen LogP contribution < -0.4 is 10.6 Å². The second kappa shape index (κ2) is 4.10. The lowest BCUT2D eigenvalue weighted by Gasteiger charge is -2.10. The summed E-state index contributed by atoms with van der Waals surface area (Å²) in [7, 11) is 0. The summed E-state index contributed by atoms with van der Waals surface area (Å²) in [6, 6.07) is 9.52. The summed E-state index contributed by atoms with van der Waals surface area (Å²) in [5, 5.41) is 7.12. The molecule has 16 heavy (non-hydrogen) atoms. The van der Waals surface area contributed by atoms with Crippen LogP contribution in [0.25, 0.3) is 0 Å². The Kier molecular flexibility index (Phi) is 2.60. The maximum absolute atomic E-state index is 3.64. The molecule has 0 saturated heterocycles. The van der Waals surface area contributed by atoms with Crippen molar-refractivity contribution in [3.8, 4) is 0 Å². The molecule has 0 radical (unpaired) electrons. The van der Waals surface area contributed by atoms with E-state index in [-0.39, 0.29) is 0 Å². The summed E-state index contributed by atoms with van der Waals surface area (Å²) in [6.45, 7) is 4.60. The molecular formula is C14H20N2. The SMILES string of the molecule is CC1CC1NCCC1CNc2ccccc21. The summed E-state index contributed by atoms with van der Waals surface area (Å²) in [6.07, 6.45) is 2.63. The number of nitrogens with one attached hydrogen (secondary N) is 2. The van der Waals surface area contributed by atoms with Gasteiger partial charge in [-0.05, 0) is 36.9 Å². The largest absolute Gasteiger partial charge is 0.384 e. The van der Waals surface area contributed by atoms with Crippen LogP contribution in [-0.4, -0.2) is 19.1 Å². The Balaban J connectivity index is 1.53. The summed E-state index contributed by atoms with van der Waals surface area (Å²) >= 11 is 0. The first-order valence-corrected chi connectivity index (χ1v) is 6.41. The number of hydrogen-bond donors (Lipinski definition) is 2. The summed E-state index contributed by atoms with van der Waals surface area (Å²) < 4.78 is 0. The van der Waals surface area contributed by atoms with Gasteiger partial charge in [0.15, 0.2) is 0 Å². The Labute approximate surface area is 97.4 Å². The van der Waals surface area contributed by atoms with E-state index in [1.54, 1.807) is 0 Å². The van der Waals surface area contributed by atoms with Crippen molar-refractivity contribution in [1.82, 2.24) is 5.32 Å². The summed E-state index contributed by atoms with van der Waals surface area (Å²) in [4.78, 5) is 0. The zero-order valence-electron chi connectivity index (χ0n) is 9.87. The molecule has 0 bridgehead atoms. The number of para-hydroxylation sites is 1. The monoisotopic (exact) mass is 216 g/mol. The molecular weight excluding hydrogens is 196 g/mol. The Bertz CT molecular complexity index is 375. The van der Waals surface area contributed by atoms with Crippen LogP contribution in [0.15, 0.2) is 24.3 Å². The van der Waals surface area contributed by atoms with E-state index < -0.39 is 0 Å². The van der Waals surface area contributed by atoms with E-state index in [9.17, 15) is 0 Å². The van der Waals surface area contributed by atoms with Gasteiger partial charge in [-0.3, -0.25) is 0 Å². The number of fused-ring (bicyclic) bond motifs is 1. The maximum atomic E-state index is 3.64. The van der Waals surface area contributed by atoms with Crippen molar-refractivity contribution in [2.24, 2.45) is 5.92 Å². The van der Waals surface area contributed by atoms with Crippen molar-refractivity contribution >= 4 is 5.69 Å². The van der Waals surface area contributed by atoms with E-state index in [1.165, 1.54) is 24.1 Å². The van der Waals surface area contributed by atoms with Crippen molar-refractivity contribution in [2.45, 2.75) is 31.7 Å². The van der Waals surface area contributed by atoms with Gasteiger partial charge in [0.05, 0.1) is 0 Å². The Hall–Kier alpha value is -1.02. The first kappa shape index (κ1) is 10.2. The van der Waals surface area contributed by atoms with Crippen molar-refractivity contribution < 1.29 is 0 Å². The molecule has 1 aromatic rings. The van der Waals surface area contributed by atoms with Gasteiger partial charge < -0.3 is 10.6 Å². The smallest absolute Gasteiger partial charge is 0.0376 e. The van der Waals surface area contributed by atoms with Crippen LogP contribution in [0.4, 0.5) is 5.69 Å². The summed E-state index contributed by atoms with van der Waals surface area (Å²) in [5.41, 5.74) is 2.85. The van der Waals surface area contributed by atoms with E-state index >= 15 is 0 Å². The minimum Gasteiger partial charge on any atom is -0.384 e. The highest BCUT2D eigenvalue weighted by Crippen LogP contribution is 2.33. The van der Waals surface area contributed by atoms with E-state index in [0.29, 0.717) is 5.92 Å². The van der Waals surface area contributed by atoms with Crippen LogP contribution in [-0.2, 0) is 0 Å². The fourth-order valence-electron chi connectivity index (χ4n) is 2.66. The average molecular weight is 216 g/mol. The molecule has 2 aliphatic rings. The number of hydrogen-bond acceptors (Lipinski definition) is 2. The van der Waals surface area contributed by atoms with Gasteiger partial charge in [-0.1, -0.05) is 25.1 Å². The molecule has 86 valence electrons. The summed E-state index contributed by atoms with van der Waals surface area (Å²) in [5.74, 6) is 1.62. The Morgan fingerprint density at radius 2 is 2.19 bits per heavy atom. The third kappa shape index (κ3) is 1.94. The van der Waals surface area contributed by atoms with Crippen LogP contribution in [0.5, 0.6) is 0 Å². The highest BCUT2D eigenvalue weighted by molar-refractivity contribution is 5.57. The highest BCUT2D eigenvalue weighted by Gasteiger charge is 2.32. The molecule has 3 atom stereocenters. The number of rotatable bonds is 4. The maximum Gasteiger partial charge on any atom is 0.0376 e. The first-order valence-electron chi connectivity index (χ1n) is 6.41. The van der Waals surface area contributed by atoms with Crippen LogP contribution in [0.1, 0.15) is 31.2 Å². The van der Waals surface area contributed by atoms with Gasteiger partial charge in [-0.25, -0.2) is 0 Å². The third-order valence-corrected chi connectivity index (χ3v) is 3.95. The second-order valence-corrected chi connectivity index (χ2v) is 5.23. The molecule has 2 nitrogen and oxygen atoms in total. The van der Waals surface area contributed by atoms with E-state index in [0.717, 1.165) is 25.0 Å². The van der Waals surface area contributed by atoms with E-state index in [2.05, 4.69) is 41.8 Å².